The van der Waals surface area contributed by atoms with Crippen molar-refractivity contribution in [2.75, 3.05) is 5.32 Å². The number of carbonyl (C=O) groups is 1. The molecule has 12 nitrogen and oxygen atoms in total. The normalized spacial score (nSPS) is 12.1. The Labute approximate surface area is 161 Å². The molecular formula is C17H13N9O3. The number of furan rings is 1. The summed E-state index contributed by atoms with van der Waals surface area (Å²) in [6, 6.07) is 7.42. The molecule has 5 heterocycles. The van der Waals surface area contributed by atoms with Gasteiger partial charge >= 0.3 is 6.03 Å². The molecule has 0 aromatic carbocycles. The van der Waals surface area contributed by atoms with Gasteiger partial charge in [-0.1, -0.05) is 6.07 Å². The van der Waals surface area contributed by atoms with Gasteiger partial charge in [0.1, 0.15) is 0 Å². The predicted molar refractivity (Wildman–Crippen MR) is 99.0 cm³/mol. The molecule has 0 bridgehead atoms. The van der Waals surface area contributed by atoms with E-state index in [9.17, 15) is 10.0 Å². The van der Waals surface area contributed by atoms with Crippen molar-refractivity contribution in [1.82, 2.24) is 34.1 Å². The summed E-state index contributed by atoms with van der Waals surface area (Å²) >= 11 is 0. The van der Waals surface area contributed by atoms with Gasteiger partial charge in [0, 0.05) is 19.4 Å². The fraction of sp³-hybridized carbons (Fsp3) is 0.0588. The molecule has 5 aromatic heterocycles. The molecule has 12 heteroatoms. The van der Waals surface area contributed by atoms with Gasteiger partial charge in [0.15, 0.2) is 22.5 Å². The smallest absolute Gasteiger partial charge is 0.349 e. The number of anilines is 1. The predicted octanol–water partition coefficient (Wildman–Crippen LogP) is 1.44. The van der Waals surface area contributed by atoms with Crippen LogP contribution in [0, 0.1) is 0 Å². The standard InChI is InChI=1S/C17H13N9O3/c1-24-9-10-13(22-24)20-16(21-17(27)18-12-6-2-3-7-25(12)28)26-15(10)19-14(23-26)11-5-4-8-29-11/h2-9,28H,1H3,(H,20,21,22,27). The number of fused-ring (bicyclic) bond motifs is 3. The largest absolute Gasteiger partial charge is 0.461 e. The van der Waals surface area contributed by atoms with Crippen LogP contribution in [-0.4, -0.2) is 45.3 Å². The molecule has 2 N–H and O–H groups in total. The van der Waals surface area contributed by atoms with Gasteiger partial charge in [-0.2, -0.15) is 24.3 Å². The van der Waals surface area contributed by atoms with Crippen molar-refractivity contribution in [1.29, 1.82) is 0 Å². The lowest BCUT2D eigenvalue weighted by Gasteiger charge is -2.03. The molecule has 5 rings (SSSR count). The van der Waals surface area contributed by atoms with Crippen LogP contribution >= 0.6 is 0 Å². The summed E-state index contributed by atoms with van der Waals surface area (Å²) in [5.41, 5.74) is 0.877. The molecule has 144 valence electrons. The Morgan fingerprint density at radius 1 is 1.21 bits per heavy atom. The van der Waals surface area contributed by atoms with Crippen LogP contribution in [0.1, 0.15) is 0 Å². The Bertz CT molecular complexity index is 1430. The minimum absolute atomic E-state index is 0.0509. The topological polar surface area (TPSA) is 141 Å². The van der Waals surface area contributed by atoms with Crippen LogP contribution in [0.25, 0.3) is 28.3 Å². The zero-order valence-electron chi connectivity index (χ0n) is 15.0. The molecule has 0 saturated carbocycles. The summed E-state index contributed by atoms with van der Waals surface area (Å²) in [6.45, 7) is 0. The highest BCUT2D eigenvalue weighted by Crippen LogP contribution is 2.23. The molecule has 29 heavy (non-hydrogen) atoms. The molecule has 0 aliphatic carbocycles. The fourth-order valence-electron chi connectivity index (χ4n) is 2.83. The SMILES string of the molecule is Cn1cc2c(nc(NC(=O)N=c3ccccn3O)n3nc(-c4ccco4)nc23)n1. The number of nitrogens with one attached hydrogen (secondary N) is 1. The first kappa shape index (κ1) is 16.7. The van der Waals surface area contributed by atoms with E-state index < -0.39 is 6.03 Å². The molecule has 5 aromatic rings. The zero-order valence-corrected chi connectivity index (χ0v) is 15.0. The lowest BCUT2D eigenvalue weighted by molar-refractivity contribution is 0.171. The van der Waals surface area contributed by atoms with Gasteiger partial charge in [0.05, 0.1) is 11.6 Å². The average Bonchev–Trinajstić information content (AvgIpc) is 3.41. The van der Waals surface area contributed by atoms with Crippen molar-refractivity contribution in [2.45, 2.75) is 0 Å². The maximum atomic E-state index is 12.4. The van der Waals surface area contributed by atoms with E-state index in [0.717, 1.165) is 4.73 Å². The van der Waals surface area contributed by atoms with E-state index in [4.69, 9.17) is 4.42 Å². The number of amides is 2. The summed E-state index contributed by atoms with van der Waals surface area (Å²) in [7, 11) is 1.75. The number of aromatic nitrogens is 7. The van der Waals surface area contributed by atoms with Crippen molar-refractivity contribution in [2.24, 2.45) is 12.0 Å². The highest BCUT2D eigenvalue weighted by atomic mass is 16.5. The zero-order chi connectivity index (χ0) is 20.0. The summed E-state index contributed by atoms with van der Waals surface area (Å²) in [6.07, 6.45) is 4.63. The van der Waals surface area contributed by atoms with Crippen LogP contribution in [0.5, 0.6) is 0 Å². The van der Waals surface area contributed by atoms with E-state index in [1.807, 2.05) is 0 Å². The molecule has 0 atom stereocenters. The molecule has 0 aliphatic rings. The molecule has 0 saturated heterocycles. The second kappa shape index (κ2) is 6.30. The van der Waals surface area contributed by atoms with E-state index in [1.165, 1.54) is 23.0 Å². The summed E-state index contributed by atoms with van der Waals surface area (Å²) < 4.78 is 9.07. The van der Waals surface area contributed by atoms with E-state index in [0.29, 0.717) is 28.3 Å². The number of aryl methyl sites for hydroxylation is 1. The number of hydrogen-bond donors (Lipinski definition) is 2. The van der Waals surface area contributed by atoms with Crippen molar-refractivity contribution in [3.63, 3.8) is 0 Å². The van der Waals surface area contributed by atoms with Crippen LogP contribution in [0.4, 0.5) is 10.7 Å². The van der Waals surface area contributed by atoms with Gasteiger partial charge in [-0.3, -0.25) is 10.00 Å². The van der Waals surface area contributed by atoms with E-state index in [-0.39, 0.29) is 11.4 Å². The van der Waals surface area contributed by atoms with E-state index in [1.54, 1.807) is 42.2 Å². The molecule has 0 aliphatic heterocycles. The highest BCUT2D eigenvalue weighted by molar-refractivity contribution is 5.93. The Morgan fingerprint density at radius 2 is 2.10 bits per heavy atom. The summed E-state index contributed by atoms with van der Waals surface area (Å²) in [5.74, 6) is 0.876. The van der Waals surface area contributed by atoms with Crippen LogP contribution in [0.2, 0.25) is 0 Å². The number of hydrogen-bond acceptors (Lipinski definition) is 7. The maximum absolute atomic E-state index is 12.4. The third-order valence-corrected chi connectivity index (χ3v) is 4.06. The Morgan fingerprint density at radius 3 is 2.90 bits per heavy atom. The Balaban J connectivity index is 1.65. The molecule has 0 unspecified atom stereocenters. The molecular weight excluding hydrogens is 378 g/mol. The maximum Gasteiger partial charge on any atom is 0.349 e. The lowest BCUT2D eigenvalue weighted by Crippen LogP contribution is -2.22. The average molecular weight is 391 g/mol. The lowest BCUT2D eigenvalue weighted by atomic mass is 10.4. The molecule has 2 amide bonds. The van der Waals surface area contributed by atoms with Gasteiger partial charge in [0.25, 0.3) is 0 Å². The van der Waals surface area contributed by atoms with Gasteiger partial charge in [0.2, 0.25) is 11.8 Å². The minimum Gasteiger partial charge on any atom is -0.461 e. The number of rotatable bonds is 2. The number of pyridine rings is 1. The second-order valence-electron chi connectivity index (χ2n) is 6.07. The number of carbonyl (C=O) groups excluding carboxylic acids is 1. The quantitative estimate of drug-likeness (QED) is 0.434. The van der Waals surface area contributed by atoms with Crippen LogP contribution in [-0.2, 0) is 7.05 Å². The van der Waals surface area contributed by atoms with Gasteiger partial charge in [-0.05, 0) is 24.3 Å². The highest BCUT2D eigenvalue weighted by Gasteiger charge is 2.18. The third-order valence-electron chi connectivity index (χ3n) is 4.06. The monoisotopic (exact) mass is 391 g/mol. The van der Waals surface area contributed by atoms with E-state index >= 15 is 0 Å². The summed E-state index contributed by atoms with van der Waals surface area (Å²) in [4.78, 5) is 25.1. The van der Waals surface area contributed by atoms with Crippen molar-refractivity contribution in [3.05, 3.63) is 54.5 Å². The number of urea groups is 1. The first-order valence-electron chi connectivity index (χ1n) is 8.45. The van der Waals surface area contributed by atoms with Crippen molar-refractivity contribution < 1.29 is 14.4 Å². The Hall–Kier alpha value is -4.48. The van der Waals surface area contributed by atoms with Crippen molar-refractivity contribution >= 4 is 28.7 Å². The van der Waals surface area contributed by atoms with Crippen LogP contribution < -0.4 is 10.8 Å². The van der Waals surface area contributed by atoms with Gasteiger partial charge < -0.3 is 9.62 Å². The second-order valence-corrected chi connectivity index (χ2v) is 6.07. The third kappa shape index (κ3) is 2.88. The summed E-state index contributed by atoms with van der Waals surface area (Å²) in [5, 5.41) is 21.6. The minimum atomic E-state index is -0.752. The first-order chi connectivity index (χ1) is 14.1. The van der Waals surface area contributed by atoms with Crippen molar-refractivity contribution in [3.8, 4) is 11.6 Å². The fourth-order valence-corrected chi connectivity index (χ4v) is 2.83. The number of nitrogens with zero attached hydrogens (tertiary/aromatic N) is 8. The van der Waals surface area contributed by atoms with E-state index in [2.05, 4.69) is 30.5 Å². The van der Waals surface area contributed by atoms with Gasteiger partial charge in [-0.15, -0.1) is 5.10 Å². The molecule has 0 spiro atoms. The van der Waals surface area contributed by atoms with Crippen LogP contribution in [0.15, 0.2) is 58.4 Å². The molecule has 0 radical (unpaired) electrons. The van der Waals surface area contributed by atoms with Crippen LogP contribution in [0.3, 0.4) is 0 Å². The first-order valence-corrected chi connectivity index (χ1v) is 8.45. The Kier molecular flexibility index (Phi) is 3.62. The molecule has 0 fully saturated rings. The van der Waals surface area contributed by atoms with Gasteiger partial charge in [-0.25, -0.2) is 9.78 Å².